The van der Waals surface area contributed by atoms with E-state index in [9.17, 15) is 18.0 Å². The number of carbonyl (C=O) groups is 1. The second-order valence-corrected chi connectivity index (χ2v) is 4.43. The van der Waals surface area contributed by atoms with Crippen molar-refractivity contribution in [3.05, 3.63) is 34.3 Å². The molecule has 0 aliphatic heterocycles. The van der Waals surface area contributed by atoms with Crippen molar-refractivity contribution in [2.75, 3.05) is 0 Å². The van der Waals surface area contributed by atoms with Crippen LogP contribution >= 0.6 is 11.6 Å². The van der Waals surface area contributed by atoms with Gasteiger partial charge in [0.1, 0.15) is 0 Å². The summed E-state index contributed by atoms with van der Waals surface area (Å²) in [4.78, 5) is 10.6. The van der Waals surface area contributed by atoms with E-state index in [1.807, 2.05) is 0 Å². The van der Waals surface area contributed by atoms with Crippen molar-refractivity contribution in [2.45, 2.75) is 18.5 Å². The monoisotopic (exact) mass is 264 g/mol. The van der Waals surface area contributed by atoms with Gasteiger partial charge in [-0.3, -0.25) is 4.79 Å². The highest BCUT2D eigenvalue weighted by molar-refractivity contribution is 6.31. The smallest absolute Gasteiger partial charge is 0.417 e. The van der Waals surface area contributed by atoms with Crippen molar-refractivity contribution in [3.63, 3.8) is 0 Å². The van der Waals surface area contributed by atoms with Gasteiger partial charge >= 0.3 is 12.1 Å². The topological polar surface area (TPSA) is 37.3 Å². The number of rotatable bonds is 2. The molecule has 0 unspecified atom stereocenters. The molecular weight excluding hydrogens is 257 g/mol. The van der Waals surface area contributed by atoms with Crippen LogP contribution in [0.4, 0.5) is 13.2 Å². The summed E-state index contributed by atoms with van der Waals surface area (Å²) < 4.78 is 37.7. The molecule has 0 aromatic heterocycles. The third-order valence-corrected chi connectivity index (χ3v) is 3.16. The van der Waals surface area contributed by atoms with Crippen molar-refractivity contribution >= 4 is 17.6 Å². The van der Waals surface area contributed by atoms with Gasteiger partial charge < -0.3 is 5.11 Å². The molecule has 0 heterocycles. The Labute approximate surface area is 100 Å². The molecule has 0 amide bonds. The van der Waals surface area contributed by atoms with E-state index >= 15 is 0 Å². The van der Waals surface area contributed by atoms with Gasteiger partial charge in [0, 0.05) is 0 Å². The molecule has 0 saturated heterocycles. The van der Waals surface area contributed by atoms with Crippen LogP contribution < -0.4 is 0 Å². The Hall–Kier alpha value is -1.23. The van der Waals surface area contributed by atoms with Crippen LogP contribution in [0.15, 0.2) is 18.2 Å². The molecule has 1 aliphatic carbocycles. The van der Waals surface area contributed by atoms with E-state index < -0.39 is 23.6 Å². The maximum atomic E-state index is 12.6. The maximum absolute atomic E-state index is 12.6. The summed E-state index contributed by atoms with van der Waals surface area (Å²) in [5, 5.41) is 8.35. The van der Waals surface area contributed by atoms with Crippen LogP contribution in [0.25, 0.3) is 0 Å². The molecule has 92 valence electrons. The molecule has 1 aliphatic rings. The Kier molecular flexibility index (Phi) is 2.81. The lowest BCUT2D eigenvalue weighted by molar-refractivity contribution is -0.138. The second-order valence-electron chi connectivity index (χ2n) is 4.02. The van der Waals surface area contributed by atoms with Crippen LogP contribution in [-0.2, 0) is 11.0 Å². The molecule has 1 N–H and O–H groups in total. The molecule has 6 heteroatoms. The van der Waals surface area contributed by atoms with Gasteiger partial charge in [-0.05, 0) is 30.0 Å². The van der Waals surface area contributed by atoms with Gasteiger partial charge in [0.05, 0.1) is 16.5 Å². The molecule has 2 nitrogen and oxygen atoms in total. The quantitative estimate of drug-likeness (QED) is 0.887. The number of benzene rings is 1. The standard InChI is InChI=1S/C11H8ClF3O2/c12-9-2-1-5(3-8(9)11(13,14)15)6-4-7(6)10(16)17/h1-3,6-7H,4H2,(H,16,17)/t6-,7-/m0/s1. The van der Waals surface area contributed by atoms with Crippen molar-refractivity contribution in [2.24, 2.45) is 5.92 Å². The van der Waals surface area contributed by atoms with Crippen LogP contribution in [0, 0.1) is 5.92 Å². The molecule has 0 bridgehead atoms. The molecule has 0 radical (unpaired) electrons. The largest absolute Gasteiger partial charge is 0.481 e. The summed E-state index contributed by atoms with van der Waals surface area (Å²) in [5.74, 6) is -1.87. The van der Waals surface area contributed by atoms with Gasteiger partial charge in [-0.2, -0.15) is 13.2 Å². The van der Waals surface area contributed by atoms with E-state index in [1.54, 1.807) is 0 Å². The number of aliphatic carboxylic acids is 1. The van der Waals surface area contributed by atoms with E-state index in [-0.39, 0.29) is 10.9 Å². The third kappa shape index (κ3) is 2.39. The Bertz CT molecular complexity index is 470. The fourth-order valence-electron chi connectivity index (χ4n) is 1.83. The van der Waals surface area contributed by atoms with Gasteiger partial charge in [-0.1, -0.05) is 17.7 Å². The first kappa shape index (κ1) is 12.2. The Morgan fingerprint density at radius 3 is 2.53 bits per heavy atom. The summed E-state index contributed by atoms with van der Waals surface area (Å²) >= 11 is 5.47. The van der Waals surface area contributed by atoms with Crippen molar-refractivity contribution in [1.29, 1.82) is 0 Å². The first-order valence-electron chi connectivity index (χ1n) is 4.90. The highest BCUT2D eigenvalue weighted by Crippen LogP contribution is 2.49. The molecule has 2 rings (SSSR count). The maximum Gasteiger partial charge on any atom is 0.417 e. The lowest BCUT2D eigenvalue weighted by atomic mass is 10.1. The summed E-state index contributed by atoms with van der Waals surface area (Å²) in [6.07, 6.45) is -4.13. The van der Waals surface area contributed by atoms with Crippen molar-refractivity contribution in [3.8, 4) is 0 Å². The molecule has 1 aromatic rings. The predicted octanol–water partition coefficient (Wildman–Crippen LogP) is 3.55. The van der Waals surface area contributed by atoms with Crippen molar-refractivity contribution < 1.29 is 23.1 Å². The van der Waals surface area contributed by atoms with Crippen molar-refractivity contribution in [1.82, 2.24) is 0 Å². The van der Waals surface area contributed by atoms with Gasteiger partial charge in [0.25, 0.3) is 0 Å². The SMILES string of the molecule is O=C(O)[C@H]1C[C@H]1c1ccc(Cl)c(C(F)(F)F)c1. The number of carboxylic acids is 1. The third-order valence-electron chi connectivity index (χ3n) is 2.83. The average Bonchev–Trinajstić information content (AvgIpc) is 2.96. The number of halogens is 4. The highest BCUT2D eigenvalue weighted by atomic mass is 35.5. The predicted molar refractivity (Wildman–Crippen MR) is 54.9 cm³/mol. The number of hydrogen-bond donors (Lipinski definition) is 1. The average molecular weight is 265 g/mol. The number of hydrogen-bond acceptors (Lipinski definition) is 1. The zero-order valence-corrected chi connectivity index (χ0v) is 9.22. The molecule has 1 fully saturated rings. The van der Waals surface area contributed by atoms with Gasteiger partial charge in [0.15, 0.2) is 0 Å². The minimum Gasteiger partial charge on any atom is -0.481 e. The fourth-order valence-corrected chi connectivity index (χ4v) is 2.05. The molecule has 0 spiro atoms. The lowest BCUT2D eigenvalue weighted by Gasteiger charge is -2.10. The van der Waals surface area contributed by atoms with E-state index in [1.165, 1.54) is 6.07 Å². The summed E-state index contributed by atoms with van der Waals surface area (Å²) in [6, 6.07) is 3.55. The van der Waals surface area contributed by atoms with Crippen LogP contribution in [0.3, 0.4) is 0 Å². The fraction of sp³-hybridized carbons (Fsp3) is 0.364. The minimum absolute atomic E-state index is 0.328. The summed E-state index contributed by atoms with van der Waals surface area (Å²) in [7, 11) is 0. The van der Waals surface area contributed by atoms with E-state index in [2.05, 4.69) is 0 Å². The van der Waals surface area contributed by atoms with Crippen LogP contribution in [0.2, 0.25) is 5.02 Å². The second kappa shape index (κ2) is 3.91. The molecule has 17 heavy (non-hydrogen) atoms. The van der Waals surface area contributed by atoms with Crippen LogP contribution in [-0.4, -0.2) is 11.1 Å². The van der Waals surface area contributed by atoms with Gasteiger partial charge in [-0.25, -0.2) is 0 Å². The Morgan fingerprint density at radius 2 is 2.06 bits per heavy atom. The molecule has 1 saturated carbocycles. The number of alkyl halides is 3. The summed E-state index contributed by atoms with van der Waals surface area (Å²) in [5.41, 5.74) is -0.526. The minimum atomic E-state index is -4.51. The van der Waals surface area contributed by atoms with Gasteiger partial charge in [-0.15, -0.1) is 0 Å². The Morgan fingerprint density at radius 1 is 1.41 bits per heavy atom. The normalized spacial score (nSPS) is 23.5. The highest BCUT2D eigenvalue weighted by Gasteiger charge is 2.45. The van der Waals surface area contributed by atoms with Crippen LogP contribution in [0.5, 0.6) is 0 Å². The van der Waals surface area contributed by atoms with Gasteiger partial charge in [0.2, 0.25) is 0 Å². The zero-order valence-electron chi connectivity index (χ0n) is 8.46. The van der Waals surface area contributed by atoms with Crippen LogP contribution in [0.1, 0.15) is 23.5 Å². The first-order chi connectivity index (χ1) is 7.80. The lowest BCUT2D eigenvalue weighted by Crippen LogP contribution is -2.07. The zero-order chi connectivity index (χ0) is 12.8. The molecular formula is C11H8ClF3O2. The summed E-state index contributed by atoms with van der Waals surface area (Å²) in [6.45, 7) is 0. The number of carboxylic acid groups (broad SMARTS) is 1. The molecule has 1 aromatic carbocycles. The van der Waals surface area contributed by atoms with E-state index in [0.717, 1.165) is 12.1 Å². The first-order valence-corrected chi connectivity index (χ1v) is 5.28. The van der Waals surface area contributed by atoms with E-state index in [4.69, 9.17) is 16.7 Å². The Balaban J connectivity index is 2.30. The molecule has 2 atom stereocenters. The van der Waals surface area contributed by atoms with E-state index in [0.29, 0.717) is 12.0 Å².